The van der Waals surface area contributed by atoms with E-state index in [0.717, 1.165) is 34.4 Å². The second kappa shape index (κ2) is 7.87. The molecule has 4 rings (SSSR count). The molecule has 0 saturated heterocycles. The van der Waals surface area contributed by atoms with Crippen molar-refractivity contribution in [3.63, 3.8) is 0 Å². The van der Waals surface area contributed by atoms with Crippen LogP contribution in [-0.2, 0) is 17.6 Å². The summed E-state index contributed by atoms with van der Waals surface area (Å²) in [6.45, 7) is 4.98. The van der Waals surface area contributed by atoms with Gasteiger partial charge in [-0.3, -0.25) is 9.59 Å². The molecule has 3 aromatic rings. The number of anilines is 1. The second-order valence-electron chi connectivity index (χ2n) is 6.99. The van der Waals surface area contributed by atoms with E-state index in [0.29, 0.717) is 22.6 Å². The minimum Gasteiger partial charge on any atom is -0.462 e. The Morgan fingerprint density at radius 3 is 2.73 bits per heavy atom. The average molecular weight is 424 g/mol. The van der Waals surface area contributed by atoms with Crippen LogP contribution in [0, 0.1) is 6.92 Å². The molecule has 1 amide bonds. The number of benzene rings is 1. The van der Waals surface area contributed by atoms with Gasteiger partial charge in [0.2, 0.25) is 0 Å². The normalized spacial score (nSPS) is 12.1. The van der Waals surface area contributed by atoms with Gasteiger partial charge in [-0.1, -0.05) is 29.4 Å². The highest BCUT2D eigenvalue weighted by atomic mass is 32.1. The number of carbonyl (C=O) groups excluding carboxylic acids is 3. The highest BCUT2D eigenvalue weighted by Gasteiger charge is 2.30. The van der Waals surface area contributed by atoms with E-state index in [2.05, 4.69) is 10.5 Å². The molecular weight excluding hydrogens is 404 g/mol. The zero-order chi connectivity index (χ0) is 21.4. The third-order valence-electron chi connectivity index (χ3n) is 5.08. The molecule has 0 fully saturated rings. The van der Waals surface area contributed by atoms with Gasteiger partial charge in [0.25, 0.3) is 5.91 Å². The average Bonchev–Trinajstić information content (AvgIpc) is 3.29. The van der Waals surface area contributed by atoms with E-state index < -0.39 is 11.9 Å². The van der Waals surface area contributed by atoms with Gasteiger partial charge in [-0.15, -0.1) is 11.3 Å². The number of Topliss-reactive ketones (excluding diaryl/α,β-unsaturated/α-hetero) is 1. The number of aromatic nitrogens is 1. The van der Waals surface area contributed by atoms with E-state index in [9.17, 15) is 14.4 Å². The van der Waals surface area contributed by atoms with Gasteiger partial charge >= 0.3 is 5.97 Å². The number of hydrogen-bond acceptors (Lipinski definition) is 7. The lowest BCUT2D eigenvalue weighted by Crippen LogP contribution is -2.17. The smallest absolute Gasteiger partial charge is 0.341 e. The van der Waals surface area contributed by atoms with E-state index in [1.165, 1.54) is 6.92 Å². The van der Waals surface area contributed by atoms with Crippen LogP contribution >= 0.6 is 11.3 Å². The topological polar surface area (TPSA) is 98.5 Å². The van der Waals surface area contributed by atoms with Gasteiger partial charge in [-0.25, -0.2) is 4.79 Å². The standard InChI is InChI=1S/C22H20N2O5S/c1-4-28-22(27)16-11(2)19(12(3)25)30-21(16)23-20(26)17-15-10-9-13-7-5-6-8-14(13)18(15)29-24-17/h5-8H,4,9-10H2,1-3H3,(H,23,26). The van der Waals surface area contributed by atoms with Crippen LogP contribution in [0.4, 0.5) is 5.00 Å². The fraction of sp³-hybridized carbons (Fsp3) is 0.273. The fourth-order valence-electron chi connectivity index (χ4n) is 3.70. The lowest BCUT2D eigenvalue weighted by Gasteiger charge is -2.14. The van der Waals surface area contributed by atoms with Crippen molar-refractivity contribution in [2.45, 2.75) is 33.6 Å². The maximum atomic E-state index is 13.0. The predicted octanol–water partition coefficient (Wildman–Crippen LogP) is 4.44. The molecule has 0 unspecified atom stereocenters. The van der Waals surface area contributed by atoms with Crippen LogP contribution < -0.4 is 5.32 Å². The van der Waals surface area contributed by atoms with Crippen molar-refractivity contribution in [3.05, 3.63) is 57.1 Å². The summed E-state index contributed by atoms with van der Waals surface area (Å²) < 4.78 is 10.6. The van der Waals surface area contributed by atoms with Crippen LogP contribution in [0.3, 0.4) is 0 Å². The minimum atomic E-state index is -0.579. The molecule has 7 nitrogen and oxygen atoms in total. The second-order valence-corrected chi connectivity index (χ2v) is 8.01. The van der Waals surface area contributed by atoms with Crippen LogP contribution in [0.5, 0.6) is 0 Å². The number of nitrogens with one attached hydrogen (secondary N) is 1. The summed E-state index contributed by atoms with van der Waals surface area (Å²) in [4.78, 5) is 37.8. The monoisotopic (exact) mass is 424 g/mol. The Morgan fingerprint density at radius 2 is 2.00 bits per heavy atom. The molecule has 1 aliphatic rings. The molecule has 1 aliphatic carbocycles. The zero-order valence-corrected chi connectivity index (χ0v) is 17.6. The molecule has 0 radical (unpaired) electrons. The number of fused-ring (bicyclic) bond motifs is 3. The molecule has 0 atom stereocenters. The van der Waals surface area contributed by atoms with Crippen molar-refractivity contribution in [2.75, 3.05) is 11.9 Å². The third-order valence-corrected chi connectivity index (χ3v) is 6.39. The van der Waals surface area contributed by atoms with Crippen LogP contribution in [0.2, 0.25) is 0 Å². The highest BCUT2D eigenvalue weighted by Crippen LogP contribution is 2.37. The number of esters is 1. The Balaban J connectivity index is 1.69. The number of ether oxygens (including phenoxy) is 1. The molecule has 0 saturated carbocycles. The first kappa shape index (κ1) is 20.0. The Labute approximate surface area is 177 Å². The first-order chi connectivity index (χ1) is 14.4. The predicted molar refractivity (Wildman–Crippen MR) is 112 cm³/mol. The maximum absolute atomic E-state index is 13.0. The van der Waals surface area contributed by atoms with Gasteiger partial charge < -0.3 is 14.6 Å². The Hall–Kier alpha value is -3.26. The summed E-state index contributed by atoms with van der Waals surface area (Å²) in [6, 6.07) is 7.86. The van der Waals surface area contributed by atoms with Gasteiger partial charge in [0.05, 0.1) is 17.0 Å². The van der Waals surface area contributed by atoms with Crippen LogP contribution in [-0.4, -0.2) is 29.4 Å². The molecule has 2 heterocycles. The number of hydrogen-bond donors (Lipinski definition) is 1. The van der Waals surface area contributed by atoms with E-state index in [4.69, 9.17) is 9.26 Å². The Kier molecular flexibility index (Phi) is 5.26. The number of thiophene rings is 1. The number of nitrogens with zero attached hydrogens (tertiary/aromatic N) is 1. The quantitative estimate of drug-likeness (QED) is 0.480. The van der Waals surface area contributed by atoms with Crippen molar-refractivity contribution >= 4 is 34.0 Å². The lowest BCUT2D eigenvalue weighted by molar-refractivity contribution is 0.0527. The van der Waals surface area contributed by atoms with Gasteiger partial charge in [0.1, 0.15) is 5.00 Å². The molecule has 1 N–H and O–H groups in total. The van der Waals surface area contributed by atoms with Crippen LogP contribution in [0.25, 0.3) is 11.3 Å². The van der Waals surface area contributed by atoms with E-state index in [1.54, 1.807) is 13.8 Å². The summed E-state index contributed by atoms with van der Waals surface area (Å²) >= 11 is 1.06. The first-order valence-corrected chi connectivity index (χ1v) is 10.4. The molecule has 0 spiro atoms. The van der Waals surface area contributed by atoms with Crippen LogP contribution in [0.15, 0.2) is 28.8 Å². The number of rotatable bonds is 5. The fourth-order valence-corrected chi connectivity index (χ4v) is 4.78. The number of aryl methyl sites for hydroxylation is 1. The molecule has 30 heavy (non-hydrogen) atoms. The molecular formula is C22H20N2O5S. The molecule has 8 heteroatoms. The largest absolute Gasteiger partial charge is 0.462 e. The summed E-state index contributed by atoms with van der Waals surface area (Å²) in [7, 11) is 0. The zero-order valence-electron chi connectivity index (χ0n) is 16.8. The van der Waals surface area contributed by atoms with E-state index >= 15 is 0 Å². The van der Waals surface area contributed by atoms with Crippen molar-refractivity contribution in [2.24, 2.45) is 0 Å². The molecule has 0 aliphatic heterocycles. The van der Waals surface area contributed by atoms with E-state index in [1.807, 2.05) is 24.3 Å². The SMILES string of the molecule is CCOC(=O)c1c(NC(=O)c2noc3c2CCc2ccccc2-3)sc(C(C)=O)c1C. The first-order valence-electron chi connectivity index (χ1n) is 9.62. The highest BCUT2D eigenvalue weighted by molar-refractivity contribution is 7.18. The van der Waals surface area contributed by atoms with E-state index in [-0.39, 0.29) is 28.6 Å². The van der Waals surface area contributed by atoms with Crippen molar-refractivity contribution < 1.29 is 23.6 Å². The Bertz CT molecular complexity index is 1170. The summed E-state index contributed by atoms with van der Waals surface area (Å²) in [6.07, 6.45) is 1.41. The minimum absolute atomic E-state index is 0.182. The van der Waals surface area contributed by atoms with Crippen molar-refractivity contribution in [1.29, 1.82) is 0 Å². The van der Waals surface area contributed by atoms with Gasteiger partial charge in [0, 0.05) is 11.1 Å². The maximum Gasteiger partial charge on any atom is 0.341 e. The Morgan fingerprint density at radius 1 is 1.23 bits per heavy atom. The molecule has 0 bridgehead atoms. The van der Waals surface area contributed by atoms with Gasteiger partial charge in [0.15, 0.2) is 17.2 Å². The number of amides is 1. The van der Waals surface area contributed by atoms with Crippen molar-refractivity contribution in [1.82, 2.24) is 5.16 Å². The number of ketones is 1. The van der Waals surface area contributed by atoms with Crippen LogP contribution in [0.1, 0.15) is 61.1 Å². The molecule has 2 aromatic heterocycles. The summed E-state index contributed by atoms with van der Waals surface area (Å²) in [5, 5.41) is 7.02. The van der Waals surface area contributed by atoms with Crippen molar-refractivity contribution in [3.8, 4) is 11.3 Å². The lowest BCUT2D eigenvalue weighted by atomic mass is 9.89. The summed E-state index contributed by atoms with van der Waals surface area (Å²) in [5.41, 5.74) is 3.70. The molecule has 1 aromatic carbocycles. The van der Waals surface area contributed by atoms with Gasteiger partial charge in [-0.05, 0) is 44.7 Å². The number of carbonyl (C=O) groups is 3. The van der Waals surface area contributed by atoms with Gasteiger partial charge in [-0.2, -0.15) is 0 Å². The third kappa shape index (κ3) is 3.33. The molecule has 154 valence electrons. The summed E-state index contributed by atoms with van der Waals surface area (Å²) in [5.74, 6) is -0.648.